The zero-order chi connectivity index (χ0) is 12.7. The minimum Gasteiger partial charge on any atom is -0.462 e. The number of hydrogen-bond donors (Lipinski definition) is 0. The molecule has 1 aromatic carbocycles. The molecule has 3 nitrogen and oxygen atoms in total. The third kappa shape index (κ3) is 4.12. The third-order valence-corrected chi connectivity index (χ3v) is 2.13. The van der Waals surface area contributed by atoms with Crippen LogP contribution in [-0.2, 0) is 9.53 Å². The molecule has 0 spiro atoms. The van der Waals surface area contributed by atoms with Crippen molar-refractivity contribution in [2.24, 2.45) is 0 Å². The molecule has 0 aromatic heterocycles. The molecule has 0 aliphatic rings. The molecule has 0 saturated carbocycles. The lowest BCUT2D eigenvalue weighted by atomic mass is 10.1. The molecule has 0 amide bonds. The van der Waals surface area contributed by atoms with E-state index in [0.29, 0.717) is 6.61 Å². The summed E-state index contributed by atoms with van der Waals surface area (Å²) in [5.74, 6) is -0.559. The number of hydrogen-bond acceptors (Lipinski definition) is 3. The number of carbonyl (C=O) groups is 1. The number of benzene rings is 1. The Morgan fingerprint density at radius 3 is 2.88 bits per heavy atom. The van der Waals surface area contributed by atoms with E-state index in [1.807, 2.05) is 44.2 Å². The molecular weight excluding hydrogens is 214 g/mol. The van der Waals surface area contributed by atoms with Gasteiger partial charge < -0.3 is 4.74 Å². The van der Waals surface area contributed by atoms with Crippen LogP contribution in [0.5, 0.6) is 0 Å². The van der Waals surface area contributed by atoms with E-state index < -0.39 is 5.97 Å². The summed E-state index contributed by atoms with van der Waals surface area (Å²) in [6.07, 6.45) is 2.29. The van der Waals surface area contributed by atoms with Crippen LogP contribution < -0.4 is 0 Å². The number of carbonyl (C=O) groups excluding carboxylic acids is 1. The number of nitrogens with zero attached hydrogens (tertiary/aromatic N) is 1. The van der Waals surface area contributed by atoms with Crippen molar-refractivity contribution in [1.82, 2.24) is 0 Å². The predicted octanol–water partition coefficient (Wildman–Crippen LogP) is 2.86. The molecule has 0 unspecified atom stereocenters. The lowest BCUT2D eigenvalue weighted by Gasteiger charge is -2.01. The molecule has 0 aliphatic carbocycles. The van der Waals surface area contributed by atoms with Gasteiger partial charge in [0, 0.05) is 0 Å². The van der Waals surface area contributed by atoms with Crippen LogP contribution in [0.15, 0.2) is 29.8 Å². The maximum atomic E-state index is 11.5. The van der Waals surface area contributed by atoms with Gasteiger partial charge in [0.15, 0.2) is 0 Å². The Hall–Kier alpha value is -2.08. The largest absolute Gasteiger partial charge is 0.462 e. The second-order valence-corrected chi connectivity index (χ2v) is 3.72. The fourth-order valence-corrected chi connectivity index (χ4v) is 1.34. The number of ether oxygens (including phenoxy) is 1. The molecule has 17 heavy (non-hydrogen) atoms. The summed E-state index contributed by atoms with van der Waals surface area (Å²) in [5.41, 5.74) is 1.94. The third-order valence-electron chi connectivity index (χ3n) is 2.13. The van der Waals surface area contributed by atoms with E-state index in [1.165, 1.54) is 0 Å². The van der Waals surface area contributed by atoms with Crippen LogP contribution in [0.3, 0.4) is 0 Å². The smallest absolute Gasteiger partial charge is 0.348 e. The van der Waals surface area contributed by atoms with Crippen LogP contribution in [0.4, 0.5) is 0 Å². The Morgan fingerprint density at radius 2 is 2.29 bits per heavy atom. The molecule has 0 atom stereocenters. The maximum absolute atomic E-state index is 11.5. The number of esters is 1. The van der Waals surface area contributed by atoms with Gasteiger partial charge in [0.2, 0.25) is 0 Å². The second-order valence-electron chi connectivity index (χ2n) is 3.72. The van der Waals surface area contributed by atoms with Gasteiger partial charge in [-0.15, -0.1) is 0 Å². The Morgan fingerprint density at radius 1 is 1.53 bits per heavy atom. The van der Waals surface area contributed by atoms with Crippen LogP contribution in [-0.4, -0.2) is 12.6 Å². The lowest BCUT2D eigenvalue weighted by Crippen LogP contribution is -2.07. The van der Waals surface area contributed by atoms with Crippen LogP contribution in [0.2, 0.25) is 0 Å². The van der Waals surface area contributed by atoms with Crippen molar-refractivity contribution in [2.45, 2.75) is 20.3 Å². The van der Waals surface area contributed by atoms with Crippen molar-refractivity contribution in [2.75, 3.05) is 6.61 Å². The summed E-state index contributed by atoms with van der Waals surface area (Å²) in [6, 6.07) is 9.46. The van der Waals surface area contributed by atoms with Crippen molar-refractivity contribution in [1.29, 1.82) is 5.26 Å². The molecule has 1 rings (SSSR count). The highest BCUT2D eigenvalue weighted by atomic mass is 16.5. The van der Waals surface area contributed by atoms with Crippen LogP contribution in [0.25, 0.3) is 6.08 Å². The van der Waals surface area contributed by atoms with Crippen molar-refractivity contribution >= 4 is 12.0 Å². The zero-order valence-electron chi connectivity index (χ0n) is 10.1. The van der Waals surface area contributed by atoms with Gasteiger partial charge in [0.05, 0.1) is 6.61 Å². The molecule has 3 heteroatoms. The highest BCUT2D eigenvalue weighted by molar-refractivity contribution is 5.97. The monoisotopic (exact) mass is 229 g/mol. The van der Waals surface area contributed by atoms with Gasteiger partial charge in [-0.05, 0) is 25.0 Å². The van der Waals surface area contributed by atoms with Crippen molar-refractivity contribution in [3.63, 3.8) is 0 Å². The normalized spacial score (nSPS) is 10.8. The van der Waals surface area contributed by atoms with Gasteiger partial charge in [0.25, 0.3) is 0 Å². The summed E-state index contributed by atoms with van der Waals surface area (Å²) < 4.78 is 4.92. The van der Waals surface area contributed by atoms with Crippen molar-refractivity contribution in [3.05, 3.63) is 41.0 Å². The average molecular weight is 229 g/mol. The molecule has 0 radical (unpaired) electrons. The summed E-state index contributed by atoms with van der Waals surface area (Å²) >= 11 is 0. The van der Waals surface area contributed by atoms with E-state index in [9.17, 15) is 4.79 Å². The van der Waals surface area contributed by atoms with E-state index in [0.717, 1.165) is 17.5 Å². The quantitative estimate of drug-likeness (QED) is 0.453. The fraction of sp³-hybridized carbons (Fsp3) is 0.286. The average Bonchev–Trinajstić information content (AvgIpc) is 2.33. The Bertz CT molecular complexity index is 469. The first-order chi connectivity index (χ1) is 8.17. The number of nitriles is 1. The molecule has 0 heterocycles. The molecule has 1 aromatic rings. The molecule has 0 saturated heterocycles. The molecule has 0 aliphatic heterocycles. The van der Waals surface area contributed by atoms with Gasteiger partial charge in [-0.2, -0.15) is 5.26 Å². The van der Waals surface area contributed by atoms with Gasteiger partial charge in [-0.1, -0.05) is 36.8 Å². The Balaban J connectivity index is 2.87. The van der Waals surface area contributed by atoms with Crippen molar-refractivity contribution in [3.8, 4) is 6.07 Å². The van der Waals surface area contributed by atoms with E-state index in [2.05, 4.69) is 0 Å². The van der Waals surface area contributed by atoms with E-state index in [1.54, 1.807) is 6.08 Å². The fourth-order valence-electron chi connectivity index (χ4n) is 1.34. The maximum Gasteiger partial charge on any atom is 0.348 e. The molecule has 88 valence electrons. The van der Waals surface area contributed by atoms with E-state index in [-0.39, 0.29) is 5.57 Å². The first kappa shape index (κ1) is 13.0. The number of rotatable bonds is 4. The first-order valence-corrected chi connectivity index (χ1v) is 5.53. The number of aryl methyl sites for hydroxylation is 1. The summed E-state index contributed by atoms with van der Waals surface area (Å²) in [4.78, 5) is 11.5. The van der Waals surface area contributed by atoms with Gasteiger partial charge in [-0.25, -0.2) is 4.79 Å². The van der Waals surface area contributed by atoms with Gasteiger partial charge >= 0.3 is 5.97 Å². The topological polar surface area (TPSA) is 50.1 Å². The minimum absolute atomic E-state index is 0.0315. The molecule has 0 bridgehead atoms. The molecular formula is C14H15NO2. The highest BCUT2D eigenvalue weighted by Gasteiger charge is 2.09. The summed E-state index contributed by atoms with van der Waals surface area (Å²) in [7, 11) is 0. The highest BCUT2D eigenvalue weighted by Crippen LogP contribution is 2.10. The molecule has 0 fully saturated rings. The lowest BCUT2D eigenvalue weighted by molar-refractivity contribution is -0.138. The van der Waals surface area contributed by atoms with E-state index >= 15 is 0 Å². The van der Waals surface area contributed by atoms with Crippen LogP contribution in [0, 0.1) is 18.3 Å². The Kier molecular flexibility index (Phi) is 4.96. The van der Waals surface area contributed by atoms with Crippen LogP contribution in [0.1, 0.15) is 24.5 Å². The predicted molar refractivity (Wildman–Crippen MR) is 66.0 cm³/mol. The standard InChI is InChI=1S/C14H15NO2/c1-3-7-17-14(16)13(10-15)9-12-6-4-5-11(2)8-12/h4-6,8-9H,3,7H2,1-2H3. The first-order valence-electron chi connectivity index (χ1n) is 5.53. The van der Waals surface area contributed by atoms with E-state index in [4.69, 9.17) is 10.00 Å². The summed E-state index contributed by atoms with van der Waals surface area (Å²) in [6.45, 7) is 4.20. The Labute approximate surface area is 101 Å². The zero-order valence-corrected chi connectivity index (χ0v) is 10.1. The minimum atomic E-state index is -0.559. The van der Waals surface area contributed by atoms with Gasteiger partial charge in [0.1, 0.15) is 11.6 Å². The molecule has 0 N–H and O–H groups in total. The van der Waals surface area contributed by atoms with Gasteiger partial charge in [-0.3, -0.25) is 0 Å². The van der Waals surface area contributed by atoms with Crippen LogP contribution >= 0.6 is 0 Å². The second kappa shape index (κ2) is 6.49. The SMILES string of the molecule is CCCOC(=O)C(C#N)=Cc1cccc(C)c1. The summed E-state index contributed by atoms with van der Waals surface area (Å²) in [5, 5.41) is 8.91. The van der Waals surface area contributed by atoms with Crippen molar-refractivity contribution < 1.29 is 9.53 Å².